The van der Waals surface area contributed by atoms with Crippen LogP contribution in [-0.2, 0) is 4.74 Å². The minimum absolute atomic E-state index is 0.594. The fraction of sp³-hybridized carbons (Fsp3) is 1.00. The van der Waals surface area contributed by atoms with Gasteiger partial charge in [-0.15, -0.1) is 0 Å². The minimum atomic E-state index is 0.594. The molecular formula is C19H36O. The molecule has 0 spiro atoms. The highest BCUT2D eigenvalue weighted by Crippen LogP contribution is 2.32. The van der Waals surface area contributed by atoms with Gasteiger partial charge in [-0.25, -0.2) is 0 Å². The molecule has 0 atom stereocenters. The van der Waals surface area contributed by atoms with Crippen LogP contribution in [0.5, 0.6) is 0 Å². The molecule has 0 aliphatic heterocycles. The SMILES string of the molecule is CCCCCC1CCC(OCC2CCC(C)CC2)CC1. The second kappa shape index (κ2) is 9.07. The van der Waals surface area contributed by atoms with Crippen molar-refractivity contribution in [2.24, 2.45) is 17.8 Å². The third-order valence-electron chi connectivity index (χ3n) is 5.71. The van der Waals surface area contributed by atoms with E-state index in [2.05, 4.69) is 13.8 Å². The van der Waals surface area contributed by atoms with Crippen LogP contribution in [0.2, 0.25) is 0 Å². The van der Waals surface area contributed by atoms with Gasteiger partial charge < -0.3 is 4.74 Å². The van der Waals surface area contributed by atoms with Gasteiger partial charge in [-0.1, -0.05) is 52.4 Å². The lowest BCUT2D eigenvalue weighted by molar-refractivity contribution is -0.00970. The van der Waals surface area contributed by atoms with Crippen LogP contribution in [-0.4, -0.2) is 12.7 Å². The third-order valence-corrected chi connectivity index (χ3v) is 5.71. The first-order valence-electron chi connectivity index (χ1n) is 9.39. The van der Waals surface area contributed by atoms with Gasteiger partial charge in [-0.2, -0.15) is 0 Å². The Hall–Kier alpha value is -0.0400. The minimum Gasteiger partial charge on any atom is -0.378 e. The van der Waals surface area contributed by atoms with Gasteiger partial charge in [0.2, 0.25) is 0 Å². The Morgan fingerprint density at radius 1 is 0.800 bits per heavy atom. The maximum atomic E-state index is 6.23. The fourth-order valence-electron chi connectivity index (χ4n) is 4.04. The number of hydrogen-bond donors (Lipinski definition) is 0. The quantitative estimate of drug-likeness (QED) is 0.522. The van der Waals surface area contributed by atoms with E-state index >= 15 is 0 Å². The highest BCUT2D eigenvalue weighted by atomic mass is 16.5. The number of ether oxygens (including phenoxy) is 1. The first-order chi connectivity index (χ1) is 9.78. The Morgan fingerprint density at radius 2 is 1.45 bits per heavy atom. The van der Waals surface area contributed by atoms with E-state index in [9.17, 15) is 0 Å². The summed E-state index contributed by atoms with van der Waals surface area (Å²) in [5.41, 5.74) is 0. The van der Waals surface area contributed by atoms with Crippen LogP contribution < -0.4 is 0 Å². The first kappa shape index (κ1) is 16.3. The van der Waals surface area contributed by atoms with E-state index in [0.29, 0.717) is 6.10 Å². The van der Waals surface area contributed by atoms with Crippen molar-refractivity contribution in [1.29, 1.82) is 0 Å². The van der Waals surface area contributed by atoms with Crippen LogP contribution >= 0.6 is 0 Å². The lowest BCUT2D eigenvalue weighted by Gasteiger charge is -2.31. The number of unbranched alkanes of at least 4 members (excludes halogenated alkanes) is 2. The number of rotatable bonds is 7. The molecule has 0 bridgehead atoms. The summed E-state index contributed by atoms with van der Waals surface area (Å²) in [6, 6.07) is 0. The molecular weight excluding hydrogens is 244 g/mol. The molecule has 2 rings (SSSR count). The zero-order valence-corrected chi connectivity index (χ0v) is 13.9. The Balaban J connectivity index is 1.53. The highest BCUT2D eigenvalue weighted by Gasteiger charge is 2.23. The van der Waals surface area contributed by atoms with E-state index < -0.39 is 0 Å². The molecule has 1 nitrogen and oxygen atoms in total. The van der Waals surface area contributed by atoms with Gasteiger partial charge in [0, 0.05) is 6.61 Å². The van der Waals surface area contributed by atoms with Crippen molar-refractivity contribution in [2.45, 2.75) is 97.0 Å². The predicted molar refractivity (Wildman–Crippen MR) is 87.0 cm³/mol. The average molecular weight is 280 g/mol. The maximum absolute atomic E-state index is 6.23. The Bertz CT molecular complexity index is 234. The van der Waals surface area contributed by atoms with Crippen molar-refractivity contribution in [3.63, 3.8) is 0 Å². The van der Waals surface area contributed by atoms with E-state index in [-0.39, 0.29) is 0 Å². The predicted octanol–water partition coefficient (Wildman–Crippen LogP) is 5.97. The molecule has 2 aliphatic carbocycles. The van der Waals surface area contributed by atoms with Crippen LogP contribution in [0.25, 0.3) is 0 Å². The molecule has 2 saturated carbocycles. The van der Waals surface area contributed by atoms with Gasteiger partial charge in [0.15, 0.2) is 0 Å². The van der Waals surface area contributed by atoms with Crippen LogP contribution in [0, 0.1) is 17.8 Å². The Kier molecular flexibility index (Phi) is 7.41. The van der Waals surface area contributed by atoms with E-state index in [0.717, 1.165) is 24.4 Å². The molecule has 2 fully saturated rings. The second-order valence-corrected chi connectivity index (χ2v) is 7.60. The van der Waals surface area contributed by atoms with Crippen LogP contribution in [0.15, 0.2) is 0 Å². The molecule has 0 unspecified atom stereocenters. The van der Waals surface area contributed by atoms with Crippen molar-refractivity contribution in [3.05, 3.63) is 0 Å². The summed E-state index contributed by atoms with van der Waals surface area (Å²) >= 11 is 0. The fourth-order valence-corrected chi connectivity index (χ4v) is 4.04. The Morgan fingerprint density at radius 3 is 2.10 bits per heavy atom. The molecule has 20 heavy (non-hydrogen) atoms. The van der Waals surface area contributed by atoms with Crippen molar-refractivity contribution in [2.75, 3.05) is 6.61 Å². The van der Waals surface area contributed by atoms with Gasteiger partial charge in [-0.05, 0) is 56.3 Å². The van der Waals surface area contributed by atoms with E-state index in [1.165, 1.54) is 77.0 Å². The van der Waals surface area contributed by atoms with Gasteiger partial charge in [0.05, 0.1) is 6.10 Å². The lowest BCUT2D eigenvalue weighted by Crippen LogP contribution is -2.25. The molecule has 0 aromatic heterocycles. The van der Waals surface area contributed by atoms with Crippen molar-refractivity contribution < 1.29 is 4.74 Å². The molecule has 118 valence electrons. The van der Waals surface area contributed by atoms with Crippen LogP contribution in [0.4, 0.5) is 0 Å². The smallest absolute Gasteiger partial charge is 0.0575 e. The van der Waals surface area contributed by atoms with Gasteiger partial charge in [0.25, 0.3) is 0 Å². The molecule has 0 heterocycles. The molecule has 0 aromatic carbocycles. The molecule has 2 aliphatic rings. The van der Waals surface area contributed by atoms with Crippen LogP contribution in [0.1, 0.15) is 90.9 Å². The average Bonchev–Trinajstić information content (AvgIpc) is 2.48. The molecule has 0 amide bonds. The lowest BCUT2D eigenvalue weighted by atomic mass is 9.83. The molecule has 0 N–H and O–H groups in total. The third kappa shape index (κ3) is 5.76. The largest absolute Gasteiger partial charge is 0.378 e. The molecule has 0 saturated heterocycles. The van der Waals surface area contributed by atoms with E-state index in [1.807, 2.05) is 0 Å². The van der Waals surface area contributed by atoms with Crippen molar-refractivity contribution >= 4 is 0 Å². The summed E-state index contributed by atoms with van der Waals surface area (Å²) in [5.74, 6) is 2.84. The van der Waals surface area contributed by atoms with E-state index in [4.69, 9.17) is 4.74 Å². The normalized spacial score (nSPS) is 35.1. The summed E-state index contributed by atoms with van der Waals surface area (Å²) in [5, 5.41) is 0. The zero-order chi connectivity index (χ0) is 14.2. The summed E-state index contributed by atoms with van der Waals surface area (Å²) in [7, 11) is 0. The van der Waals surface area contributed by atoms with Gasteiger partial charge in [-0.3, -0.25) is 0 Å². The number of hydrogen-bond acceptors (Lipinski definition) is 1. The van der Waals surface area contributed by atoms with Crippen LogP contribution in [0.3, 0.4) is 0 Å². The molecule has 0 radical (unpaired) electrons. The maximum Gasteiger partial charge on any atom is 0.0575 e. The second-order valence-electron chi connectivity index (χ2n) is 7.60. The van der Waals surface area contributed by atoms with Crippen molar-refractivity contribution in [3.8, 4) is 0 Å². The monoisotopic (exact) mass is 280 g/mol. The highest BCUT2D eigenvalue weighted by molar-refractivity contribution is 4.75. The first-order valence-corrected chi connectivity index (χ1v) is 9.39. The summed E-state index contributed by atoms with van der Waals surface area (Å²) < 4.78 is 6.23. The summed E-state index contributed by atoms with van der Waals surface area (Å²) in [4.78, 5) is 0. The Labute approximate surface area is 126 Å². The van der Waals surface area contributed by atoms with E-state index in [1.54, 1.807) is 0 Å². The van der Waals surface area contributed by atoms with Gasteiger partial charge in [0.1, 0.15) is 0 Å². The molecule has 0 aromatic rings. The van der Waals surface area contributed by atoms with Gasteiger partial charge >= 0.3 is 0 Å². The molecule has 1 heteroatoms. The standard InChI is InChI=1S/C19H36O/c1-3-4-5-6-17-11-13-19(14-12-17)20-15-18-9-7-16(2)8-10-18/h16-19H,3-15H2,1-2H3. The van der Waals surface area contributed by atoms with Crippen molar-refractivity contribution in [1.82, 2.24) is 0 Å². The zero-order valence-electron chi connectivity index (χ0n) is 13.9. The topological polar surface area (TPSA) is 9.23 Å². The summed E-state index contributed by atoms with van der Waals surface area (Å²) in [6.45, 7) is 5.76. The summed E-state index contributed by atoms with van der Waals surface area (Å²) in [6.07, 6.45) is 17.5.